The van der Waals surface area contributed by atoms with Crippen molar-refractivity contribution < 1.29 is 29.6 Å². The van der Waals surface area contributed by atoms with Crippen molar-refractivity contribution >= 4 is 11.9 Å². The maximum atomic E-state index is 12.7. The molecule has 0 amide bonds. The molecule has 0 aromatic carbocycles. The van der Waals surface area contributed by atoms with Gasteiger partial charge < -0.3 is 20.1 Å². The Kier molecular flexibility index (Phi) is 2.50. The average Bonchev–Trinajstić information content (AvgIpc) is 2.95. The molecule has 1 aliphatic heterocycles. The minimum Gasteiger partial charge on any atom is -0.481 e. The van der Waals surface area contributed by atoms with E-state index in [0.29, 0.717) is 31.3 Å². The third-order valence-corrected chi connectivity index (χ3v) is 8.12. The standard InChI is InChI=1S/C19H22O6/c1-9-7-17-8-18(9,24)5-3-10(17)19-6-4-11(20)16(2,15(23)25-19)13(19)12(17)14(21)22/h4,6,10-13,20,24H,1,3,5,7-8H2,2H3,(H,21,22)/t10?,11?,12-,13-,16?,17+,18+,19-/m1/s1. The molecule has 25 heavy (non-hydrogen) atoms. The van der Waals surface area contributed by atoms with Gasteiger partial charge in [-0.05, 0) is 49.7 Å². The van der Waals surface area contributed by atoms with Gasteiger partial charge in [0.2, 0.25) is 0 Å². The summed E-state index contributed by atoms with van der Waals surface area (Å²) in [6.07, 6.45) is 4.11. The molecule has 1 saturated heterocycles. The van der Waals surface area contributed by atoms with Crippen LogP contribution in [0.2, 0.25) is 0 Å². The molecule has 3 unspecified atom stereocenters. The first-order chi connectivity index (χ1) is 11.6. The molecule has 6 nitrogen and oxygen atoms in total. The molecule has 4 aliphatic carbocycles. The van der Waals surface area contributed by atoms with Gasteiger partial charge in [0.05, 0.1) is 17.6 Å². The highest BCUT2D eigenvalue weighted by Crippen LogP contribution is 2.77. The van der Waals surface area contributed by atoms with E-state index >= 15 is 0 Å². The molecule has 134 valence electrons. The van der Waals surface area contributed by atoms with Crippen LogP contribution in [0.15, 0.2) is 24.3 Å². The summed E-state index contributed by atoms with van der Waals surface area (Å²) in [5.41, 5.74) is -3.29. The number of carbonyl (C=O) groups is 2. The Labute approximate surface area is 145 Å². The number of hydrogen-bond donors (Lipinski definition) is 3. The van der Waals surface area contributed by atoms with Gasteiger partial charge in [-0.25, -0.2) is 0 Å². The molecule has 1 spiro atoms. The van der Waals surface area contributed by atoms with Gasteiger partial charge in [0.15, 0.2) is 0 Å². The topological polar surface area (TPSA) is 104 Å². The zero-order chi connectivity index (χ0) is 18.0. The van der Waals surface area contributed by atoms with E-state index in [-0.39, 0.29) is 5.92 Å². The van der Waals surface area contributed by atoms with Crippen LogP contribution in [0.1, 0.15) is 32.6 Å². The Morgan fingerprint density at radius 3 is 2.84 bits per heavy atom. The molecule has 6 heteroatoms. The second-order valence-corrected chi connectivity index (χ2v) is 8.94. The van der Waals surface area contributed by atoms with E-state index in [4.69, 9.17) is 4.74 Å². The summed E-state index contributed by atoms with van der Waals surface area (Å²) < 4.78 is 5.87. The number of aliphatic hydroxyl groups excluding tert-OH is 1. The van der Waals surface area contributed by atoms with Gasteiger partial charge in [-0.1, -0.05) is 12.7 Å². The molecule has 5 aliphatic rings. The molecule has 4 bridgehead atoms. The van der Waals surface area contributed by atoms with Crippen molar-refractivity contribution in [3.8, 4) is 0 Å². The van der Waals surface area contributed by atoms with E-state index in [1.165, 1.54) is 0 Å². The summed E-state index contributed by atoms with van der Waals surface area (Å²) in [7, 11) is 0. The molecule has 5 rings (SSSR count). The maximum absolute atomic E-state index is 12.7. The summed E-state index contributed by atoms with van der Waals surface area (Å²) in [4.78, 5) is 25.1. The predicted octanol–water partition coefficient (Wildman–Crippen LogP) is 1.03. The van der Waals surface area contributed by atoms with Crippen molar-refractivity contribution in [1.29, 1.82) is 0 Å². The van der Waals surface area contributed by atoms with Crippen molar-refractivity contribution in [3.05, 3.63) is 24.3 Å². The lowest BCUT2D eigenvalue weighted by molar-refractivity contribution is -0.163. The molecule has 0 aromatic heterocycles. The minimum atomic E-state index is -1.27. The summed E-state index contributed by atoms with van der Waals surface area (Å²) >= 11 is 0. The Morgan fingerprint density at radius 2 is 2.16 bits per heavy atom. The highest BCUT2D eigenvalue weighted by molar-refractivity contribution is 5.86. The number of esters is 1. The normalized spacial score (nSPS) is 58.0. The monoisotopic (exact) mass is 346 g/mol. The van der Waals surface area contributed by atoms with E-state index in [1.54, 1.807) is 19.1 Å². The number of carboxylic acids is 1. The lowest BCUT2D eigenvalue weighted by atomic mass is 9.61. The number of carbonyl (C=O) groups excluding carboxylic acids is 1. The quantitative estimate of drug-likeness (QED) is 0.484. The Hall–Kier alpha value is -1.66. The molecule has 8 atom stereocenters. The first-order valence-corrected chi connectivity index (χ1v) is 8.86. The smallest absolute Gasteiger partial charge is 0.316 e. The second-order valence-electron chi connectivity index (χ2n) is 8.94. The molecule has 4 fully saturated rings. The fraction of sp³-hybridized carbons (Fsp3) is 0.684. The van der Waals surface area contributed by atoms with Crippen LogP contribution in [0.5, 0.6) is 0 Å². The zero-order valence-electron chi connectivity index (χ0n) is 14.1. The maximum Gasteiger partial charge on any atom is 0.316 e. The lowest BCUT2D eigenvalue weighted by Crippen LogP contribution is -2.50. The van der Waals surface area contributed by atoms with Crippen molar-refractivity contribution in [2.75, 3.05) is 0 Å². The number of hydrogen-bond acceptors (Lipinski definition) is 5. The predicted molar refractivity (Wildman–Crippen MR) is 85.2 cm³/mol. The molecule has 3 saturated carbocycles. The van der Waals surface area contributed by atoms with Crippen LogP contribution >= 0.6 is 0 Å². The van der Waals surface area contributed by atoms with Crippen LogP contribution < -0.4 is 0 Å². The SMILES string of the molecule is C=C1C[C@]23C[C@@]1(O)CCC2[C@@]12C=CC(O)C(C)(C(=O)O1)[C@H]2[C@@H]3C(=O)O. The van der Waals surface area contributed by atoms with Crippen LogP contribution in [0.4, 0.5) is 0 Å². The highest BCUT2D eigenvalue weighted by Gasteiger charge is 2.83. The molecule has 3 N–H and O–H groups in total. The first kappa shape index (κ1) is 15.6. The van der Waals surface area contributed by atoms with Gasteiger partial charge in [0, 0.05) is 11.8 Å². The third-order valence-electron chi connectivity index (χ3n) is 8.12. The van der Waals surface area contributed by atoms with Gasteiger partial charge in [0.1, 0.15) is 11.0 Å². The van der Waals surface area contributed by atoms with Crippen LogP contribution in [-0.2, 0) is 14.3 Å². The molecule has 0 radical (unpaired) electrons. The molecular weight excluding hydrogens is 324 g/mol. The second kappa shape index (κ2) is 4.01. The van der Waals surface area contributed by atoms with E-state index in [0.717, 1.165) is 0 Å². The Morgan fingerprint density at radius 1 is 1.44 bits per heavy atom. The van der Waals surface area contributed by atoms with Gasteiger partial charge in [0.25, 0.3) is 0 Å². The summed E-state index contributed by atoms with van der Waals surface area (Å²) in [6, 6.07) is 0. The number of ether oxygens (including phenoxy) is 1. The van der Waals surface area contributed by atoms with Gasteiger partial charge >= 0.3 is 11.9 Å². The van der Waals surface area contributed by atoms with Crippen molar-refractivity contribution in [3.63, 3.8) is 0 Å². The summed E-state index contributed by atoms with van der Waals surface area (Å²) in [6.45, 7) is 5.64. The first-order valence-electron chi connectivity index (χ1n) is 8.86. The Balaban J connectivity index is 1.78. The van der Waals surface area contributed by atoms with Crippen LogP contribution in [0.25, 0.3) is 0 Å². The van der Waals surface area contributed by atoms with Crippen LogP contribution in [0.3, 0.4) is 0 Å². The largest absolute Gasteiger partial charge is 0.481 e. The number of fused-ring (bicyclic) bond motifs is 1. The van der Waals surface area contributed by atoms with E-state index in [1.807, 2.05) is 0 Å². The summed E-state index contributed by atoms with van der Waals surface area (Å²) in [5.74, 6) is -3.18. The van der Waals surface area contributed by atoms with Crippen LogP contribution in [0, 0.1) is 28.6 Å². The number of rotatable bonds is 1. The third kappa shape index (κ3) is 1.36. The number of aliphatic hydroxyl groups is 2. The van der Waals surface area contributed by atoms with E-state index in [2.05, 4.69) is 6.58 Å². The van der Waals surface area contributed by atoms with Crippen LogP contribution in [-0.4, -0.2) is 44.6 Å². The average molecular weight is 346 g/mol. The van der Waals surface area contributed by atoms with Crippen molar-refractivity contribution in [2.24, 2.45) is 28.6 Å². The van der Waals surface area contributed by atoms with Gasteiger partial charge in [-0.3, -0.25) is 9.59 Å². The fourth-order valence-electron chi connectivity index (χ4n) is 7.13. The fourth-order valence-corrected chi connectivity index (χ4v) is 7.13. The van der Waals surface area contributed by atoms with Crippen molar-refractivity contribution in [2.45, 2.75) is 49.9 Å². The molecule has 1 heterocycles. The summed E-state index contributed by atoms with van der Waals surface area (Å²) in [5, 5.41) is 31.6. The Bertz CT molecular complexity index is 772. The van der Waals surface area contributed by atoms with Crippen molar-refractivity contribution in [1.82, 2.24) is 0 Å². The molecule has 0 aromatic rings. The lowest BCUT2D eigenvalue weighted by Gasteiger charge is -2.44. The number of carboxylic acid groups (broad SMARTS) is 1. The van der Waals surface area contributed by atoms with Gasteiger partial charge in [-0.15, -0.1) is 0 Å². The highest BCUT2D eigenvalue weighted by atomic mass is 16.6. The number of aliphatic carboxylic acids is 1. The van der Waals surface area contributed by atoms with E-state index in [9.17, 15) is 24.9 Å². The minimum absolute atomic E-state index is 0.180. The molecular formula is C19H22O6. The zero-order valence-corrected chi connectivity index (χ0v) is 14.1. The van der Waals surface area contributed by atoms with Gasteiger partial charge in [-0.2, -0.15) is 0 Å². The van der Waals surface area contributed by atoms with E-state index < -0.39 is 51.9 Å².